The van der Waals surface area contributed by atoms with Gasteiger partial charge >= 0.3 is 0 Å². The zero-order valence-electron chi connectivity index (χ0n) is 5.89. The normalized spacial score (nSPS) is 16.8. The number of methoxy groups -OCH3 is 1. The van der Waals surface area contributed by atoms with Gasteiger partial charge in [0, 0.05) is 13.7 Å². The first kappa shape index (κ1) is 8.59. The van der Waals surface area contributed by atoms with Crippen LogP contribution in [0, 0.1) is 0 Å². The second-order valence-corrected chi connectivity index (χ2v) is 2.37. The van der Waals surface area contributed by atoms with E-state index in [9.17, 15) is 4.79 Å². The maximum absolute atomic E-state index is 10.2. The molecule has 0 radical (unpaired) electrons. The quantitative estimate of drug-likeness (QED) is 0.544. The van der Waals surface area contributed by atoms with Crippen LogP contribution in [0.4, 0.5) is 0 Å². The summed E-state index contributed by atoms with van der Waals surface area (Å²) in [6, 6.07) is 0. The summed E-state index contributed by atoms with van der Waals surface area (Å²) >= 11 is 0. The van der Waals surface area contributed by atoms with Crippen molar-refractivity contribution in [3.63, 3.8) is 0 Å². The highest BCUT2D eigenvalue weighted by Crippen LogP contribution is 1.99. The summed E-state index contributed by atoms with van der Waals surface area (Å²) in [4.78, 5) is 10.2. The van der Waals surface area contributed by atoms with E-state index < -0.39 is 5.54 Å². The Balaban J connectivity index is 3.45. The van der Waals surface area contributed by atoms with Crippen molar-refractivity contribution >= 4 is 6.29 Å². The molecule has 0 bridgehead atoms. The maximum Gasteiger partial charge on any atom is 0.139 e. The molecule has 9 heavy (non-hydrogen) atoms. The number of nitrogens with two attached hydrogens (primary N) is 1. The smallest absolute Gasteiger partial charge is 0.139 e. The fraction of sp³-hybridized carbons (Fsp3) is 0.833. The summed E-state index contributed by atoms with van der Waals surface area (Å²) in [6.07, 6.45) is 1.32. The molecule has 0 aliphatic carbocycles. The van der Waals surface area contributed by atoms with Crippen molar-refractivity contribution in [3.05, 3.63) is 0 Å². The highest BCUT2D eigenvalue weighted by atomic mass is 16.5. The van der Waals surface area contributed by atoms with Crippen LogP contribution in [0.1, 0.15) is 13.3 Å². The minimum atomic E-state index is -0.712. The first-order chi connectivity index (χ1) is 4.12. The van der Waals surface area contributed by atoms with Gasteiger partial charge in [0.1, 0.15) is 6.29 Å². The van der Waals surface area contributed by atoms with Gasteiger partial charge in [0.25, 0.3) is 0 Å². The summed E-state index contributed by atoms with van der Waals surface area (Å²) in [7, 11) is 1.58. The third kappa shape index (κ3) is 4.12. The Kier molecular flexibility index (Phi) is 3.42. The number of aldehydes is 1. The van der Waals surface area contributed by atoms with Gasteiger partial charge in [-0.1, -0.05) is 0 Å². The number of hydrogen-bond donors (Lipinski definition) is 1. The van der Waals surface area contributed by atoms with Gasteiger partial charge in [-0.25, -0.2) is 0 Å². The molecule has 1 unspecified atom stereocenters. The summed E-state index contributed by atoms with van der Waals surface area (Å²) in [6.45, 7) is 2.21. The van der Waals surface area contributed by atoms with Crippen molar-refractivity contribution in [3.8, 4) is 0 Å². The van der Waals surface area contributed by atoms with Crippen LogP contribution < -0.4 is 5.73 Å². The Morgan fingerprint density at radius 1 is 1.78 bits per heavy atom. The zero-order chi connectivity index (χ0) is 7.33. The highest BCUT2D eigenvalue weighted by Gasteiger charge is 2.15. The summed E-state index contributed by atoms with van der Waals surface area (Å²) in [5.74, 6) is 0. The lowest BCUT2D eigenvalue weighted by Gasteiger charge is -2.14. The third-order valence-electron chi connectivity index (χ3n) is 1.11. The monoisotopic (exact) mass is 131 g/mol. The van der Waals surface area contributed by atoms with Gasteiger partial charge in [0.15, 0.2) is 0 Å². The number of ether oxygens (including phenoxy) is 1. The Bertz CT molecular complexity index is 91.1. The van der Waals surface area contributed by atoms with Gasteiger partial charge in [-0.15, -0.1) is 0 Å². The number of rotatable bonds is 4. The zero-order valence-corrected chi connectivity index (χ0v) is 5.89. The van der Waals surface area contributed by atoms with E-state index in [1.54, 1.807) is 14.0 Å². The van der Waals surface area contributed by atoms with Gasteiger partial charge in [0.2, 0.25) is 0 Å². The summed E-state index contributed by atoms with van der Waals surface area (Å²) in [5.41, 5.74) is 4.74. The lowest BCUT2D eigenvalue weighted by atomic mass is 10.0. The van der Waals surface area contributed by atoms with Crippen LogP contribution >= 0.6 is 0 Å². The fourth-order valence-electron chi connectivity index (χ4n) is 0.381. The Morgan fingerprint density at radius 3 is 2.67 bits per heavy atom. The van der Waals surface area contributed by atoms with Crippen LogP contribution in [-0.2, 0) is 9.53 Å². The van der Waals surface area contributed by atoms with E-state index in [1.807, 2.05) is 0 Å². The minimum Gasteiger partial charge on any atom is -0.385 e. The summed E-state index contributed by atoms with van der Waals surface area (Å²) in [5, 5.41) is 0. The Hall–Kier alpha value is -0.410. The number of carbonyl (C=O) groups is 1. The van der Waals surface area contributed by atoms with Crippen molar-refractivity contribution < 1.29 is 9.53 Å². The lowest BCUT2D eigenvalue weighted by molar-refractivity contribution is -0.112. The van der Waals surface area contributed by atoms with Gasteiger partial charge in [-0.2, -0.15) is 0 Å². The van der Waals surface area contributed by atoms with Gasteiger partial charge < -0.3 is 15.3 Å². The SMILES string of the molecule is COCCC(C)(N)C=O. The molecule has 2 N–H and O–H groups in total. The largest absolute Gasteiger partial charge is 0.385 e. The fourth-order valence-corrected chi connectivity index (χ4v) is 0.381. The molecule has 54 valence electrons. The van der Waals surface area contributed by atoms with Crippen molar-refractivity contribution in [2.45, 2.75) is 18.9 Å². The molecular formula is C6H13NO2. The Morgan fingerprint density at radius 2 is 2.33 bits per heavy atom. The van der Waals surface area contributed by atoms with E-state index in [4.69, 9.17) is 10.5 Å². The molecule has 0 aliphatic rings. The van der Waals surface area contributed by atoms with E-state index >= 15 is 0 Å². The molecule has 0 aromatic carbocycles. The van der Waals surface area contributed by atoms with Crippen molar-refractivity contribution in [2.24, 2.45) is 5.73 Å². The van der Waals surface area contributed by atoms with E-state index in [1.165, 1.54) is 0 Å². The molecular weight excluding hydrogens is 118 g/mol. The molecule has 3 heteroatoms. The number of hydrogen-bond acceptors (Lipinski definition) is 3. The highest BCUT2D eigenvalue weighted by molar-refractivity contribution is 5.62. The second kappa shape index (κ2) is 3.58. The molecule has 0 aromatic heterocycles. The summed E-state index contributed by atoms with van der Waals surface area (Å²) < 4.78 is 4.74. The molecule has 0 amide bonds. The molecule has 3 nitrogen and oxygen atoms in total. The predicted octanol–water partition coefficient (Wildman–Crippen LogP) is -0.0608. The van der Waals surface area contributed by atoms with Crippen LogP contribution in [-0.4, -0.2) is 25.5 Å². The molecule has 0 aromatic rings. The molecule has 1 atom stereocenters. The predicted molar refractivity (Wildman–Crippen MR) is 35.1 cm³/mol. The average Bonchev–Trinajstić information content (AvgIpc) is 1.84. The van der Waals surface area contributed by atoms with E-state index in [2.05, 4.69) is 0 Å². The van der Waals surface area contributed by atoms with Crippen LogP contribution in [0.2, 0.25) is 0 Å². The van der Waals surface area contributed by atoms with Crippen LogP contribution in [0.15, 0.2) is 0 Å². The van der Waals surface area contributed by atoms with E-state index in [0.29, 0.717) is 13.0 Å². The first-order valence-electron chi connectivity index (χ1n) is 2.86. The molecule has 0 saturated heterocycles. The molecule has 0 saturated carbocycles. The topological polar surface area (TPSA) is 52.3 Å². The van der Waals surface area contributed by atoms with Crippen molar-refractivity contribution in [1.82, 2.24) is 0 Å². The molecule has 0 heterocycles. The van der Waals surface area contributed by atoms with Crippen LogP contribution in [0.5, 0.6) is 0 Å². The van der Waals surface area contributed by atoms with Gasteiger partial charge in [0.05, 0.1) is 5.54 Å². The molecule has 0 rings (SSSR count). The standard InChI is InChI=1S/C6H13NO2/c1-6(7,5-8)3-4-9-2/h5H,3-4,7H2,1-2H3. The van der Waals surface area contributed by atoms with Gasteiger partial charge in [-0.3, -0.25) is 0 Å². The Labute approximate surface area is 55.2 Å². The molecule has 0 spiro atoms. The van der Waals surface area contributed by atoms with E-state index in [0.717, 1.165) is 6.29 Å². The molecule has 0 aliphatic heterocycles. The minimum absolute atomic E-state index is 0.533. The van der Waals surface area contributed by atoms with Crippen molar-refractivity contribution in [2.75, 3.05) is 13.7 Å². The lowest BCUT2D eigenvalue weighted by Crippen LogP contribution is -2.38. The average molecular weight is 131 g/mol. The van der Waals surface area contributed by atoms with Gasteiger partial charge in [-0.05, 0) is 13.3 Å². The third-order valence-corrected chi connectivity index (χ3v) is 1.11. The molecule has 0 fully saturated rings. The van der Waals surface area contributed by atoms with Crippen LogP contribution in [0.25, 0.3) is 0 Å². The van der Waals surface area contributed by atoms with Crippen LogP contribution in [0.3, 0.4) is 0 Å². The van der Waals surface area contributed by atoms with Crippen molar-refractivity contribution in [1.29, 1.82) is 0 Å². The second-order valence-electron chi connectivity index (χ2n) is 2.37. The number of carbonyl (C=O) groups excluding carboxylic acids is 1. The maximum atomic E-state index is 10.2. The first-order valence-corrected chi connectivity index (χ1v) is 2.86. The van der Waals surface area contributed by atoms with E-state index in [-0.39, 0.29) is 0 Å².